The molecule has 0 saturated heterocycles. The zero-order valence-electron chi connectivity index (χ0n) is 20.5. The number of hydrogen-bond acceptors (Lipinski definition) is 1. The second kappa shape index (κ2) is 7.69. The van der Waals surface area contributed by atoms with Crippen LogP contribution in [0.1, 0.15) is 5.56 Å². The van der Waals surface area contributed by atoms with Crippen molar-refractivity contribution in [2.24, 2.45) is 7.05 Å². The van der Waals surface area contributed by atoms with E-state index >= 15 is 0 Å². The van der Waals surface area contributed by atoms with Gasteiger partial charge in [-0.15, -0.1) is 0 Å². The number of pyridine rings is 1. The molecule has 8 rings (SSSR count). The standard InChI is InChI=1S/C33H23N2OSe/c1-20-21-10-5-8-17-29(21)37-33(20)31-30-24-13-9-16-27(32(24)36-28(30)18-19-34(31)2)35-25-14-6-3-11-22(25)23-12-4-7-15-26(23)35/h3-19H,1-2H3/q+1. The predicted octanol–water partition coefficient (Wildman–Crippen LogP) is 7.69. The molecule has 0 spiro atoms. The number of rotatable bonds is 2. The van der Waals surface area contributed by atoms with Gasteiger partial charge in [0.2, 0.25) is 0 Å². The van der Waals surface area contributed by atoms with E-state index in [1.807, 2.05) is 0 Å². The van der Waals surface area contributed by atoms with Crippen molar-refractivity contribution in [1.82, 2.24) is 4.57 Å². The number of aryl methyl sites for hydroxylation is 2. The van der Waals surface area contributed by atoms with Gasteiger partial charge in [0.15, 0.2) is 0 Å². The van der Waals surface area contributed by atoms with Gasteiger partial charge >= 0.3 is 220 Å². The van der Waals surface area contributed by atoms with Crippen LogP contribution in [-0.2, 0) is 7.05 Å². The van der Waals surface area contributed by atoms with Crippen LogP contribution in [0, 0.1) is 6.92 Å². The van der Waals surface area contributed by atoms with Crippen LogP contribution in [0.5, 0.6) is 0 Å². The Bertz CT molecular complexity index is 2120. The van der Waals surface area contributed by atoms with E-state index in [2.05, 4.69) is 126 Å². The van der Waals surface area contributed by atoms with Crippen molar-refractivity contribution in [2.45, 2.75) is 6.92 Å². The molecule has 0 unspecified atom stereocenters. The maximum absolute atomic E-state index is 6.72. The zero-order valence-corrected chi connectivity index (χ0v) is 22.2. The molecule has 0 saturated carbocycles. The summed E-state index contributed by atoms with van der Waals surface area (Å²) < 4.78 is 14.2. The topological polar surface area (TPSA) is 21.9 Å². The maximum atomic E-state index is 6.72. The van der Waals surface area contributed by atoms with Gasteiger partial charge in [-0.25, -0.2) is 0 Å². The first-order valence-electron chi connectivity index (χ1n) is 12.5. The molecule has 0 N–H and O–H groups in total. The molecule has 3 nitrogen and oxygen atoms in total. The minimum absolute atomic E-state index is 0.251. The Hall–Kier alpha value is -4.11. The number of nitrogens with zero attached hydrogens (tertiary/aromatic N) is 2. The van der Waals surface area contributed by atoms with Gasteiger partial charge in [-0.3, -0.25) is 0 Å². The number of aromatic nitrogens is 2. The molecular formula is C33H23N2OSe+. The molecule has 0 radical (unpaired) electrons. The molecule has 0 aliphatic rings. The normalized spacial score (nSPS) is 12.1. The predicted molar refractivity (Wildman–Crippen MR) is 154 cm³/mol. The molecule has 8 aromatic rings. The van der Waals surface area contributed by atoms with Crippen LogP contribution < -0.4 is 4.57 Å². The fourth-order valence-corrected chi connectivity index (χ4v) is 8.68. The van der Waals surface area contributed by atoms with Crippen LogP contribution in [0.25, 0.3) is 69.2 Å². The van der Waals surface area contributed by atoms with Gasteiger partial charge < -0.3 is 0 Å². The molecule has 0 fully saturated rings. The Balaban J connectivity index is 1.50. The second-order valence-corrected chi connectivity index (χ2v) is 11.9. The zero-order chi connectivity index (χ0) is 24.7. The van der Waals surface area contributed by atoms with Crippen molar-refractivity contribution in [1.29, 1.82) is 0 Å². The van der Waals surface area contributed by atoms with Crippen LogP contribution in [0.4, 0.5) is 0 Å². The van der Waals surface area contributed by atoms with Gasteiger partial charge in [-0.05, 0) is 0 Å². The third-order valence-corrected chi connectivity index (χ3v) is 10.3. The molecule has 0 bridgehead atoms. The Morgan fingerprint density at radius 3 is 2.08 bits per heavy atom. The van der Waals surface area contributed by atoms with E-state index in [1.54, 1.807) is 0 Å². The monoisotopic (exact) mass is 543 g/mol. The van der Waals surface area contributed by atoms with E-state index < -0.39 is 0 Å². The third kappa shape index (κ3) is 2.86. The minimum atomic E-state index is 0.251. The number of benzene rings is 4. The van der Waals surface area contributed by atoms with Crippen molar-refractivity contribution < 1.29 is 8.98 Å². The van der Waals surface area contributed by atoms with E-state index in [0.717, 1.165) is 22.2 Å². The van der Waals surface area contributed by atoms with Crippen LogP contribution in [0.2, 0.25) is 0 Å². The molecular weight excluding hydrogens is 519 g/mol. The Morgan fingerprint density at radius 2 is 1.35 bits per heavy atom. The summed E-state index contributed by atoms with van der Waals surface area (Å²) in [4.78, 5) is 0. The molecule has 0 amide bonds. The summed E-state index contributed by atoms with van der Waals surface area (Å²) in [6.45, 7) is 2.27. The Labute approximate surface area is 219 Å². The Morgan fingerprint density at radius 1 is 0.703 bits per heavy atom. The second-order valence-electron chi connectivity index (χ2n) is 9.69. The van der Waals surface area contributed by atoms with Crippen LogP contribution in [-0.4, -0.2) is 19.1 Å². The number of para-hydroxylation sites is 3. The molecule has 0 aliphatic carbocycles. The summed E-state index contributed by atoms with van der Waals surface area (Å²) in [7, 11) is 2.16. The summed E-state index contributed by atoms with van der Waals surface area (Å²) in [5, 5.41) is 6.25. The van der Waals surface area contributed by atoms with E-state index in [0.29, 0.717) is 0 Å². The fourth-order valence-electron chi connectivity index (χ4n) is 5.95. The van der Waals surface area contributed by atoms with Crippen LogP contribution in [0.3, 0.4) is 0 Å². The molecule has 4 heteroatoms. The van der Waals surface area contributed by atoms with Gasteiger partial charge in [-0.2, -0.15) is 0 Å². The summed E-state index contributed by atoms with van der Waals surface area (Å²) >= 11 is 0.251. The molecule has 37 heavy (non-hydrogen) atoms. The molecule has 4 aromatic carbocycles. The molecule has 0 aliphatic heterocycles. The summed E-state index contributed by atoms with van der Waals surface area (Å²) in [6.07, 6.45) is 2.14. The van der Waals surface area contributed by atoms with E-state index in [1.165, 1.54) is 52.5 Å². The molecule has 4 heterocycles. The first kappa shape index (κ1) is 21.0. The van der Waals surface area contributed by atoms with Gasteiger partial charge in [-0.1, -0.05) is 0 Å². The van der Waals surface area contributed by atoms with Crippen LogP contribution >= 0.6 is 0 Å². The first-order valence-corrected chi connectivity index (χ1v) is 14.2. The fraction of sp³-hybridized carbons (Fsp3) is 0.0606. The van der Waals surface area contributed by atoms with Gasteiger partial charge in [0.25, 0.3) is 0 Å². The third-order valence-electron chi connectivity index (χ3n) is 7.64. The van der Waals surface area contributed by atoms with Gasteiger partial charge in [0, 0.05) is 0 Å². The average molecular weight is 543 g/mol. The van der Waals surface area contributed by atoms with E-state index in [-0.39, 0.29) is 14.5 Å². The number of fused-ring (bicyclic) bond motifs is 7. The van der Waals surface area contributed by atoms with Crippen molar-refractivity contribution in [3.05, 3.63) is 109 Å². The molecule has 0 atom stereocenters. The van der Waals surface area contributed by atoms with Crippen molar-refractivity contribution in [3.8, 4) is 15.8 Å². The summed E-state index contributed by atoms with van der Waals surface area (Å²) in [5.74, 6) is 0. The van der Waals surface area contributed by atoms with Crippen molar-refractivity contribution in [2.75, 3.05) is 0 Å². The molecule has 4 aromatic heterocycles. The van der Waals surface area contributed by atoms with Gasteiger partial charge in [0.1, 0.15) is 0 Å². The van der Waals surface area contributed by atoms with Crippen LogP contribution in [0.15, 0.2) is 108 Å². The summed E-state index contributed by atoms with van der Waals surface area (Å²) in [6, 6.07) is 34.8. The van der Waals surface area contributed by atoms with E-state index in [4.69, 9.17) is 4.42 Å². The number of hydrogen-bond donors (Lipinski definition) is 0. The quantitative estimate of drug-likeness (QED) is 0.162. The number of furan rings is 1. The first-order chi connectivity index (χ1) is 18.2. The van der Waals surface area contributed by atoms with Crippen molar-refractivity contribution >= 4 is 67.9 Å². The van der Waals surface area contributed by atoms with Gasteiger partial charge in [0.05, 0.1) is 0 Å². The average Bonchev–Trinajstić information content (AvgIpc) is 3.59. The summed E-state index contributed by atoms with van der Waals surface area (Å²) in [5.41, 5.74) is 7.97. The molecule has 176 valence electrons. The Kier molecular flexibility index (Phi) is 4.37. The van der Waals surface area contributed by atoms with E-state index in [9.17, 15) is 0 Å². The van der Waals surface area contributed by atoms with Crippen molar-refractivity contribution in [3.63, 3.8) is 0 Å². The SMILES string of the molecule is Cc1c(-c2c3c(cc[n+]2C)oc2c(-n4c5ccccc5c5ccccc54)cccc23)[se]c2ccccc12.